The van der Waals surface area contributed by atoms with Crippen LogP contribution >= 0.6 is 10.5 Å². The van der Waals surface area contributed by atoms with Crippen molar-refractivity contribution in [3.63, 3.8) is 0 Å². The molecule has 1 aromatic carbocycles. The summed E-state index contributed by atoms with van der Waals surface area (Å²) in [5.74, 6) is 5.61. The van der Waals surface area contributed by atoms with Crippen LogP contribution in [0.25, 0.3) is 0 Å². The molecule has 2 rings (SSSR count). The smallest absolute Gasteiger partial charge is 0.0325 e. The minimum absolute atomic E-state index is 0.323. The maximum absolute atomic E-state index is 4.29. The van der Waals surface area contributed by atoms with Gasteiger partial charge in [0.15, 0.2) is 0 Å². The second kappa shape index (κ2) is 3.30. The van der Waals surface area contributed by atoms with Crippen LogP contribution in [0.15, 0.2) is 30.3 Å². The molecule has 0 aliphatic carbocycles. The Labute approximate surface area is 82.9 Å². The van der Waals surface area contributed by atoms with Crippen molar-refractivity contribution in [3.8, 4) is 0 Å². The molecule has 1 aliphatic heterocycles. The molecule has 1 heteroatoms. The molecule has 0 spiro atoms. The van der Waals surface area contributed by atoms with Crippen LogP contribution in [0, 0.1) is 0 Å². The number of rotatable bonds is 1. The molecule has 13 heavy (non-hydrogen) atoms. The Morgan fingerprint density at radius 2 is 2.00 bits per heavy atom. The van der Waals surface area contributed by atoms with E-state index in [0.717, 1.165) is 0 Å². The van der Waals surface area contributed by atoms with Crippen molar-refractivity contribution < 1.29 is 0 Å². The Kier molecular flexibility index (Phi) is 2.29. The van der Waals surface area contributed by atoms with Crippen LogP contribution in [0.3, 0.4) is 0 Å². The van der Waals surface area contributed by atoms with Crippen molar-refractivity contribution in [1.82, 2.24) is 0 Å². The Morgan fingerprint density at radius 3 is 2.54 bits per heavy atom. The van der Waals surface area contributed by atoms with E-state index in [4.69, 9.17) is 0 Å². The summed E-state index contributed by atoms with van der Waals surface area (Å²) in [6.07, 6.45) is 2.65. The standard InChI is InChI=1S/C12H16S/c1-12(9-6-10-13(12)2)11-7-4-3-5-8-11/h3-5,7-8H,2,6,9-10H2,1H3/t12-,13?/m0/s1. The molecular weight excluding hydrogens is 176 g/mol. The van der Waals surface area contributed by atoms with E-state index in [2.05, 4.69) is 43.1 Å². The molecule has 1 heterocycles. The van der Waals surface area contributed by atoms with Gasteiger partial charge in [0.2, 0.25) is 0 Å². The first-order valence-corrected chi connectivity index (χ1v) is 6.36. The molecule has 2 atom stereocenters. The third-order valence-corrected chi connectivity index (χ3v) is 5.56. The Morgan fingerprint density at radius 1 is 1.31 bits per heavy atom. The zero-order valence-corrected chi connectivity index (χ0v) is 8.94. The fourth-order valence-corrected chi connectivity index (χ4v) is 3.90. The second-order valence-electron chi connectivity index (χ2n) is 3.90. The van der Waals surface area contributed by atoms with Crippen LogP contribution in [0.5, 0.6) is 0 Å². The first-order chi connectivity index (χ1) is 6.23. The van der Waals surface area contributed by atoms with E-state index in [1.807, 2.05) is 0 Å². The van der Waals surface area contributed by atoms with Crippen LogP contribution in [0.1, 0.15) is 25.3 Å². The maximum Gasteiger partial charge on any atom is 0.0325 e. The van der Waals surface area contributed by atoms with E-state index in [0.29, 0.717) is 15.2 Å². The minimum atomic E-state index is 0.323. The molecule has 70 valence electrons. The van der Waals surface area contributed by atoms with Crippen molar-refractivity contribution >= 4 is 16.4 Å². The van der Waals surface area contributed by atoms with Gasteiger partial charge in [-0.05, 0) is 31.1 Å². The monoisotopic (exact) mass is 192 g/mol. The summed E-state index contributed by atoms with van der Waals surface area (Å²) < 4.78 is 0.362. The number of hydrogen-bond donors (Lipinski definition) is 0. The number of hydrogen-bond acceptors (Lipinski definition) is 0. The van der Waals surface area contributed by atoms with Gasteiger partial charge >= 0.3 is 0 Å². The topological polar surface area (TPSA) is 0 Å². The molecule has 0 aromatic heterocycles. The van der Waals surface area contributed by atoms with Gasteiger partial charge in [-0.15, -0.1) is 0 Å². The highest BCUT2D eigenvalue weighted by atomic mass is 32.2. The van der Waals surface area contributed by atoms with Gasteiger partial charge in [-0.25, -0.2) is 0 Å². The van der Waals surface area contributed by atoms with Crippen LogP contribution in [0.4, 0.5) is 0 Å². The highest BCUT2D eigenvalue weighted by molar-refractivity contribution is 8.15. The van der Waals surface area contributed by atoms with Gasteiger partial charge < -0.3 is 0 Å². The van der Waals surface area contributed by atoms with Gasteiger partial charge in [-0.1, -0.05) is 36.2 Å². The lowest BCUT2D eigenvalue weighted by atomic mass is 9.96. The van der Waals surface area contributed by atoms with E-state index >= 15 is 0 Å². The van der Waals surface area contributed by atoms with Crippen LogP contribution < -0.4 is 0 Å². The van der Waals surface area contributed by atoms with Gasteiger partial charge in [0.25, 0.3) is 0 Å². The molecule has 1 aromatic rings. The predicted octanol–water partition coefficient (Wildman–Crippen LogP) is 3.40. The Hall–Kier alpha value is -0.560. The normalized spacial score (nSPS) is 33.5. The van der Waals surface area contributed by atoms with Crippen LogP contribution in [-0.2, 0) is 4.75 Å². The van der Waals surface area contributed by atoms with Gasteiger partial charge in [-0.2, -0.15) is 10.5 Å². The van der Waals surface area contributed by atoms with E-state index < -0.39 is 0 Å². The fourth-order valence-electron chi connectivity index (χ4n) is 2.06. The molecule has 1 saturated heterocycles. The van der Waals surface area contributed by atoms with Crippen molar-refractivity contribution in [2.24, 2.45) is 0 Å². The lowest BCUT2D eigenvalue weighted by Gasteiger charge is -2.26. The number of benzene rings is 1. The molecule has 0 amide bonds. The van der Waals surface area contributed by atoms with Gasteiger partial charge in [-0.3, -0.25) is 0 Å². The average molecular weight is 192 g/mol. The lowest BCUT2D eigenvalue weighted by molar-refractivity contribution is 0.646. The van der Waals surface area contributed by atoms with E-state index in [1.54, 1.807) is 0 Å². The zero-order valence-electron chi connectivity index (χ0n) is 8.12. The van der Waals surface area contributed by atoms with Gasteiger partial charge in [0, 0.05) is 4.75 Å². The average Bonchev–Trinajstić information content (AvgIpc) is 2.50. The van der Waals surface area contributed by atoms with Crippen molar-refractivity contribution in [3.05, 3.63) is 35.9 Å². The molecular formula is C12H16S. The molecule has 0 bridgehead atoms. The second-order valence-corrected chi connectivity index (χ2v) is 6.19. The van der Waals surface area contributed by atoms with Crippen LogP contribution in [0.2, 0.25) is 0 Å². The molecule has 0 nitrogen and oxygen atoms in total. The van der Waals surface area contributed by atoms with Crippen molar-refractivity contribution in [2.75, 3.05) is 5.75 Å². The largest absolute Gasteiger partial charge is 0.183 e. The third-order valence-electron chi connectivity index (χ3n) is 3.07. The molecule has 0 radical (unpaired) electrons. The quantitative estimate of drug-likeness (QED) is 0.598. The molecule has 0 N–H and O–H groups in total. The van der Waals surface area contributed by atoms with Crippen molar-refractivity contribution in [2.45, 2.75) is 24.5 Å². The predicted molar refractivity (Wildman–Crippen MR) is 62.6 cm³/mol. The summed E-state index contributed by atoms with van der Waals surface area (Å²) in [5.41, 5.74) is 1.48. The minimum Gasteiger partial charge on any atom is -0.183 e. The van der Waals surface area contributed by atoms with E-state index in [1.165, 1.54) is 24.2 Å². The SMILES string of the molecule is C=S1CCC[C@@]1(C)c1ccccc1. The summed E-state index contributed by atoms with van der Waals surface area (Å²) in [5, 5.41) is 0. The molecule has 1 aliphatic rings. The summed E-state index contributed by atoms with van der Waals surface area (Å²) in [6.45, 7) is 2.37. The summed E-state index contributed by atoms with van der Waals surface area (Å²) in [4.78, 5) is 0. The maximum atomic E-state index is 4.29. The lowest BCUT2D eigenvalue weighted by Crippen LogP contribution is -2.14. The van der Waals surface area contributed by atoms with E-state index in [9.17, 15) is 0 Å². The summed E-state index contributed by atoms with van der Waals surface area (Å²) in [7, 11) is 0.323. The molecule has 1 unspecified atom stereocenters. The molecule has 1 fully saturated rings. The summed E-state index contributed by atoms with van der Waals surface area (Å²) >= 11 is 0. The first kappa shape index (κ1) is 9.01. The Balaban J connectivity index is 2.40. The van der Waals surface area contributed by atoms with Gasteiger partial charge in [0.05, 0.1) is 0 Å². The van der Waals surface area contributed by atoms with Crippen LogP contribution in [-0.4, -0.2) is 11.6 Å². The first-order valence-electron chi connectivity index (χ1n) is 4.80. The summed E-state index contributed by atoms with van der Waals surface area (Å²) in [6, 6.07) is 10.8. The fraction of sp³-hybridized carbons (Fsp3) is 0.417. The third kappa shape index (κ3) is 1.46. The molecule has 0 saturated carbocycles. The van der Waals surface area contributed by atoms with Crippen molar-refractivity contribution in [1.29, 1.82) is 0 Å². The highest BCUT2D eigenvalue weighted by Gasteiger charge is 2.32. The highest BCUT2D eigenvalue weighted by Crippen LogP contribution is 2.49. The van der Waals surface area contributed by atoms with Gasteiger partial charge in [0.1, 0.15) is 0 Å². The van der Waals surface area contributed by atoms with E-state index in [-0.39, 0.29) is 0 Å². The zero-order chi connectivity index (χ0) is 9.31. The Bertz CT molecular complexity index is 315.